The van der Waals surface area contributed by atoms with Crippen molar-refractivity contribution in [1.82, 2.24) is 0 Å². The second-order valence-corrected chi connectivity index (χ2v) is 6.49. The highest BCUT2D eigenvalue weighted by atomic mass is 32.2. The molecule has 0 spiro atoms. The van der Waals surface area contributed by atoms with Crippen LogP contribution in [0.15, 0.2) is 12.1 Å². The van der Waals surface area contributed by atoms with Crippen LogP contribution in [0.1, 0.15) is 26.7 Å². The average Bonchev–Trinajstić information content (AvgIpc) is 2.50. The highest BCUT2D eigenvalue weighted by Crippen LogP contribution is 2.36. The van der Waals surface area contributed by atoms with E-state index in [0.29, 0.717) is 17.1 Å². The number of carbonyl (C=O) groups excluding carboxylic acids is 1. The molecule has 4 N–H and O–H groups in total. The molecule has 6 heteroatoms. The Morgan fingerprint density at radius 3 is 2.76 bits per heavy atom. The van der Waals surface area contributed by atoms with E-state index in [0.717, 1.165) is 25.1 Å². The van der Waals surface area contributed by atoms with Gasteiger partial charge in [-0.2, -0.15) is 11.8 Å². The van der Waals surface area contributed by atoms with Crippen molar-refractivity contribution in [2.24, 2.45) is 0 Å². The molecule has 0 radical (unpaired) electrons. The molecule has 1 aliphatic rings. The van der Waals surface area contributed by atoms with Crippen molar-refractivity contribution in [2.45, 2.75) is 31.4 Å². The Kier molecular flexibility index (Phi) is 4.88. The van der Waals surface area contributed by atoms with Gasteiger partial charge in [0.2, 0.25) is 0 Å². The summed E-state index contributed by atoms with van der Waals surface area (Å²) in [5.41, 5.74) is 8.21. The average molecular weight is 309 g/mol. The number of hydrogen-bond acceptors (Lipinski definition) is 5. The van der Waals surface area contributed by atoms with Crippen LogP contribution in [-0.4, -0.2) is 30.1 Å². The zero-order valence-corrected chi connectivity index (χ0v) is 13.6. The summed E-state index contributed by atoms with van der Waals surface area (Å²) in [5.74, 6) is 0.485. The quantitative estimate of drug-likeness (QED) is 0.704. The number of rotatable bonds is 6. The normalized spacial score (nSPS) is 14.1. The molecule has 0 aromatic heterocycles. The minimum absolute atomic E-state index is 0.0421. The summed E-state index contributed by atoms with van der Waals surface area (Å²) < 4.78 is 5.55. The number of nitrogens with one attached hydrogen (secondary N) is 2. The number of nitrogens with two attached hydrogens (primary N) is 1. The summed E-state index contributed by atoms with van der Waals surface area (Å²) >= 11 is 1.87. The molecule has 116 valence electrons. The maximum Gasteiger partial charge on any atom is 0.262 e. The molecule has 0 fully saturated rings. The van der Waals surface area contributed by atoms with Gasteiger partial charge in [0.15, 0.2) is 6.61 Å². The van der Waals surface area contributed by atoms with E-state index in [4.69, 9.17) is 10.5 Å². The Bertz CT molecular complexity index is 522. The first kappa shape index (κ1) is 15.8. The first-order chi connectivity index (χ1) is 10.0. The van der Waals surface area contributed by atoms with Gasteiger partial charge in [-0.05, 0) is 25.2 Å². The van der Waals surface area contributed by atoms with Gasteiger partial charge in [0.05, 0.1) is 17.1 Å². The molecule has 21 heavy (non-hydrogen) atoms. The standard InChI is InChI=1S/C15H23N3O2S/c1-4-15(5-2,21-3)9-17-11-7-12-13(6-10(11)16)20-8-14(19)18-12/h6-7,17H,4-5,8-9,16H2,1-3H3,(H,18,19). The van der Waals surface area contributed by atoms with Crippen LogP contribution in [0.4, 0.5) is 17.1 Å². The third kappa shape index (κ3) is 3.37. The van der Waals surface area contributed by atoms with Gasteiger partial charge >= 0.3 is 0 Å². The Morgan fingerprint density at radius 2 is 2.14 bits per heavy atom. The van der Waals surface area contributed by atoms with Crippen molar-refractivity contribution in [3.63, 3.8) is 0 Å². The van der Waals surface area contributed by atoms with Gasteiger partial charge in [0, 0.05) is 17.4 Å². The Labute approximate surface area is 130 Å². The van der Waals surface area contributed by atoms with E-state index in [9.17, 15) is 4.79 Å². The van der Waals surface area contributed by atoms with Crippen LogP contribution in [0.25, 0.3) is 0 Å². The summed E-state index contributed by atoms with van der Waals surface area (Å²) in [4.78, 5) is 11.4. The van der Waals surface area contributed by atoms with E-state index in [1.54, 1.807) is 6.07 Å². The number of nitrogen functional groups attached to an aromatic ring is 1. The van der Waals surface area contributed by atoms with Gasteiger partial charge in [-0.25, -0.2) is 0 Å². The monoisotopic (exact) mass is 309 g/mol. The molecule has 0 saturated heterocycles. The third-order valence-corrected chi connectivity index (χ3v) is 5.69. The van der Waals surface area contributed by atoms with Gasteiger partial charge in [-0.3, -0.25) is 4.79 Å². The third-order valence-electron chi connectivity index (χ3n) is 4.11. The van der Waals surface area contributed by atoms with Crippen LogP contribution < -0.4 is 21.1 Å². The van der Waals surface area contributed by atoms with E-state index in [2.05, 4.69) is 30.7 Å². The number of thioether (sulfide) groups is 1. The predicted octanol–water partition coefficient (Wildman–Crippen LogP) is 2.93. The number of carbonyl (C=O) groups is 1. The second kappa shape index (κ2) is 6.47. The maximum absolute atomic E-state index is 11.4. The van der Waals surface area contributed by atoms with E-state index < -0.39 is 0 Å². The highest BCUT2D eigenvalue weighted by molar-refractivity contribution is 8.00. The molecule has 1 aromatic rings. The molecule has 0 unspecified atom stereocenters. The first-order valence-corrected chi connectivity index (χ1v) is 8.41. The molecule has 1 aliphatic heterocycles. The van der Waals surface area contributed by atoms with Crippen LogP contribution >= 0.6 is 11.8 Å². The molecule has 0 aliphatic carbocycles. The molecular weight excluding hydrogens is 286 g/mol. The van der Waals surface area contributed by atoms with Crippen molar-refractivity contribution in [1.29, 1.82) is 0 Å². The predicted molar refractivity (Wildman–Crippen MR) is 90.3 cm³/mol. The van der Waals surface area contributed by atoms with E-state index in [1.807, 2.05) is 17.8 Å². The summed E-state index contributed by atoms with van der Waals surface area (Å²) in [6.07, 6.45) is 4.31. The van der Waals surface area contributed by atoms with Gasteiger partial charge in [0.1, 0.15) is 5.75 Å². The molecule has 0 bridgehead atoms. The Hall–Kier alpha value is -1.56. The number of benzene rings is 1. The Balaban J connectivity index is 2.17. The van der Waals surface area contributed by atoms with Crippen LogP contribution in [-0.2, 0) is 4.79 Å². The number of hydrogen-bond donors (Lipinski definition) is 3. The van der Waals surface area contributed by atoms with Crippen molar-refractivity contribution in [2.75, 3.05) is 35.8 Å². The summed E-state index contributed by atoms with van der Waals surface area (Å²) in [6, 6.07) is 3.61. The van der Waals surface area contributed by atoms with Crippen LogP contribution in [0.5, 0.6) is 5.75 Å². The molecule has 0 atom stereocenters. The van der Waals surface area contributed by atoms with E-state index in [1.165, 1.54) is 0 Å². The number of ether oxygens (including phenoxy) is 1. The smallest absolute Gasteiger partial charge is 0.262 e. The first-order valence-electron chi connectivity index (χ1n) is 7.18. The van der Waals surface area contributed by atoms with E-state index >= 15 is 0 Å². The largest absolute Gasteiger partial charge is 0.482 e. The second-order valence-electron chi connectivity index (χ2n) is 5.22. The summed E-state index contributed by atoms with van der Waals surface area (Å²) in [6.45, 7) is 5.28. The van der Waals surface area contributed by atoms with Gasteiger partial charge in [-0.15, -0.1) is 0 Å². The lowest BCUT2D eigenvalue weighted by atomic mass is 10.0. The zero-order valence-electron chi connectivity index (χ0n) is 12.8. The lowest BCUT2D eigenvalue weighted by Crippen LogP contribution is -2.32. The maximum atomic E-state index is 11.4. The number of anilines is 3. The lowest BCUT2D eigenvalue weighted by molar-refractivity contribution is -0.118. The van der Waals surface area contributed by atoms with E-state index in [-0.39, 0.29) is 17.3 Å². The van der Waals surface area contributed by atoms with Crippen LogP contribution in [0.2, 0.25) is 0 Å². The fourth-order valence-corrected chi connectivity index (χ4v) is 3.21. The van der Waals surface area contributed by atoms with Crippen molar-refractivity contribution < 1.29 is 9.53 Å². The molecule has 1 aromatic carbocycles. The van der Waals surface area contributed by atoms with Crippen LogP contribution in [0, 0.1) is 0 Å². The zero-order chi connectivity index (χ0) is 15.5. The molecule has 2 rings (SSSR count). The molecule has 5 nitrogen and oxygen atoms in total. The minimum atomic E-state index is -0.140. The highest BCUT2D eigenvalue weighted by Gasteiger charge is 2.25. The molecular formula is C15H23N3O2S. The lowest BCUT2D eigenvalue weighted by Gasteiger charge is -2.31. The topological polar surface area (TPSA) is 76.4 Å². The molecule has 1 heterocycles. The Morgan fingerprint density at radius 1 is 1.43 bits per heavy atom. The number of amides is 1. The fourth-order valence-electron chi connectivity index (χ4n) is 2.41. The van der Waals surface area contributed by atoms with Gasteiger partial charge < -0.3 is 21.1 Å². The van der Waals surface area contributed by atoms with Crippen molar-refractivity contribution in [3.05, 3.63) is 12.1 Å². The van der Waals surface area contributed by atoms with Gasteiger partial charge in [0.25, 0.3) is 5.91 Å². The molecule has 0 saturated carbocycles. The SMILES string of the molecule is CCC(CC)(CNc1cc2c(cc1N)OCC(=O)N2)SC. The van der Waals surface area contributed by atoms with Crippen LogP contribution in [0.3, 0.4) is 0 Å². The molecule has 1 amide bonds. The summed E-state index contributed by atoms with van der Waals surface area (Å²) in [5, 5.41) is 6.22. The minimum Gasteiger partial charge on any atom is -0.482 e. The van der Waals surface area contributed by atoms with Gasteiger partial charge in [-0.1, -0.05) is 13.8 Å². The fraction of sp³-hybridized carbons (Fsp3) is 0.533. The summed E-state index contributed by atoms with van der Waals surface area (Å²) in [7, 11) is 0. The van der Waals surface area contributed by atoms with Crippen molar-refractivity contribution >= 4 is 34.7 Å². The van der Waals surface area contributed by atoms with Crippen molar-refractivity contribution in [3.8, 4) is 5.75 Å². The number of fused-ring (bicyclic) bond motifs is 1.